The molecule has 0 unspecified atom stereocenters. The van der Waals surface area contributed by atoms with Gasteiger partial charge >= 0.3 is 5.97 Å². The van der Waals surface area contributed by atoms with Gasteiger partial charge in [0.15, 0.2) is 18.1 Å². The van der Waals surface area contributed by atoms with Crippen LogP contribution in [-0.2, 0) is 23.9 Å². The molecular weight excluding hydrogens is 416 g/mol. The van der Waals surface area contributed by atoms with E-state index in [4.69, 9.17) is 14.2 Å². The zero-order valence-electron chi connectivity index (χ0n) is 17.8. The Labute approximate surface area is 185 Å². The predicted molar refractivity (Wildman–Crippen MR) is 111 cm³/mol. The minimum absolute atomic E-state index is 0.304. The highest BCUT2D eigenvalue weighted by Crippen LogP contribution is 2.47. The number of rotatable bonds is 5. The molecule has 9 nitrogen and oxygen atoms in total. The Hall–Kier alpha value is -3.10. The van der Waals surface area contributed by atoms with Gasteiger partial charge in [0.25, 0.3) is 11.7 Å². The van der Waals surface area contributed by atoms with E-state index < -0.39 is 30.8 Å². The Kier molecular flexibility index (Phi) is 5.27. The first-order valence-corrected chi connectivity index (χ1v) is 11.3. The molecule has 0 aromatic heterocycles. The summed E-state index contributed by atoms with van der Waals surface area (Å²) in [6, 6.07) is 5.12. The van der Waals surface area contributed by atoms with Crippen molar-refractivity contribution in [2.45, 2.75) is 57.2 Å². The van der Waals surface area contributed by atoms with E-state index in [9.17, 15) is 19.2 Å². The van der Waals surface area contributed by atoms with Crippen molar-refractivity contribution in [3.8, 4) is 11.5 Å². The van der Waals surface area contributed by atoms with E-state index in [2.05, 4.69) is 5.32 Å². The van der Waals surface area contributed by atoms with Crippen LogP contribution in [-0.4, -0.2) is 47.5 Å². The molecule has 5 rings (SSSR count). The molecule has 1 aromatic carbocycles. The minimum Gasteiger partial charge on any atom is -0.454 e. The maximum Gasteiger partial charge on any atom is 0.326 e. The lowest BCUT2D eigenvalue weighted by molar-refractivity contribution is -0.154. The van der Waals surface area contributed by atoms with E-state index in [-0.39, 0.29) is 23.7 Å². The maximum atomic E-state index is 12.4. The van der Waals surface area contributed by atoms with Gasteiger partial charge in [0, 0.05) is 24.6 Å². The smallest absolute Gasteiger partial charge is 0.326 e. The summed E-state index contributed by atoms with van der Waals surface area (Å²) >= 11 is 0. The number of fused-ring (bicyclic) bond motifs is 2. The molecule has 0 radical (unpaired) electrons. The average molecular weight is 442 g/mol. The van der Waals surface area contributed by atoms with E-state index in [1.807, 2.05) is 0 Å². The summed E-state index contributed by atoms with van der Waals surface area (Å²) in [4.78, 5) is 50.3. The molecule has 3 fully saturated rings. The summed E-state index contributed by atoms with van der Waals surface area (Å²) in [7, 11) is 0. The number of carbonyl (C=O) groups is 4. The van der Waals surface area contributed by atoms with Crippen LogP contribution < -0.4 is 14.8 Å². The Morgan fingerprint density at radius 2 is 1.66 bits per heavy atom. The predicted octanol–water partition coefficient (Wildman–Crippen LogP) is 2.38. The summed E-state index contributed by atoms with van der Waals surface area (Å²) in [6.45, 7) is -0.968. The fourth-order valence-electron chi connectivity index (χ4n) is 5.19. The van der Waals surface area contributed by atoms with Crippen molar-refractivity contribution in [2.24, 2.45) is 11.8 Å². The number of hydrogen-bond acceptors (Lipinski definition) is 7. The molecule has 170 valence electrons. The third-order valence-electron chi connectivity index (χ3n) is 6.77. The van der Waals surface area contributed by atoms with Gasteiger partial charge < -0.3 is 19.5 Å². The maximum absolute atomic E-state index is 12.4. The minimum atomic E-state index is -0.783. The molecule has 1 saturated heterocycles. The van der Waals surface area contributed by atoms with Crippen molar-refractivity contribution >= 4 is 29.4 Å². The standard InChI is InChI=1S/C23H26N2O7/c26-19(24-14-7-8-17-18(11-14)32-23(31-17)9-3-4-10-23)13-30-20(27)12-25-21(28)15-5-1-2-6-16(15)22(25)29/h7-8,11,15-16H,1-6,9-10,12-13H2,(H,24,26)/t15-,16-/m1/s1. The third kappa shape index (κ3) is 3.80. The van der Waals surface area contributed by atoms with E-state index in [1.165, 1.54) is 0 Å². The number of carbonyl (C=O) groups excluding carboxylic acids is 4. The quantitative estimate of drug-likeness (QED) is 0.550. The van der Waals surface area contributed by atoms with Gasteiger partial charge in [-0.1, -0.05) is 12.8 Å². The number of hydrogen-bond donors (Lipinski definition) is 1. The van der Waals surface area contributed by atoms with E-state index in [0.29, 0.717) is 30.0 Å². The second-order valence-electron chi connectivity index (χ2n) is 8.95. The van der Waals surface area contributed by atoms with E-state index in [0.717, 1.165) is 43.4 Å². The first-order valence-electron chi connectivity index (χ1n) is 11.3. The average Bonchev–Trinajstić information content (AvgIpc) is 3.45. The topological polar surface area (TPSA) is 111 Å². The lowest BCUT2D eigenvalue weighted by Crippen LogP contribution is -2.37. The summed E-state index contributed by atoms with van der Waals surface area (Å²) < 4.78 is 16.9. The number of nitrogens with one attached hydrogen (secondary N) is 1. The SMILES string of the molecule is O=C(COC(=O)CN1C(=O)[C@@H]2CCCC[C@H]2C1=O)Nc1ccc2c(c1)OC1(CCCC1)O2. The molecule has 2 aliphatic heterocycles. The zero-order valence-corrected chi connectivity index (χ0v) is 17.8. The number of nitrogens with zero attached hydrogens (tertiary/aromatic N) is 1. The molecule has 2 aliphatic carbocycles. The fourth-order valence-corrected chi connectivity index (χ4v) is 5.19. The summed E-state index contributed by atoms with van der Waals surface area (Å²) in [5.74, 6) is -1.91. The molecule has 1 aromatic rings. The Balaban J connectivity index is 1.11. The van der Waals surface area contributed by atoms with Gasteiger partial charge in [0.1, 0.15) is 6.54 Å². The number of imide groups is 1. The van der Waals surface area contributed by atoms with Crippen LogP contribution in [0.25, 0.3) is 0 Å². The lowest BCUT2D eigenvalue weighted by Gasteiger charge is -2.21. The zero-order chi connectivity index (χ0) is 22.3. The molecule has 32 heavy (non-hydrogen) atoms. The number of ether oxygens (including phenoxy) is 3. The van der Waals surface area contributed by atoms with Gasteiger partial charge in [-0.15, -0.1) is 0 Å². The van der Waals surface area contributed by atoms with Crippen molar-refractivity contribution in [3.05, 3.63) is 18.2 Å². The summed E-state index contributed by atoms with van der Waals surface area (Å²) in [5, 5.41) is 2.66. The molecule has 2 heterocycles. The molecule has 1 spiro atoms. The number of benzene rings is 1. The van der Waals surface area contributed by atoms with Crippen LogP contribution in [0.5, 0.6) is 11.5 Å². The van der Waals surface area contributed by atoms with Gasteiger partial charge in [-0.3, -0.25) is 24.1 Å². The fraction of sp³-hybridized carbons (Fsp3) is 0.565. The highest BCUT2D eigenvalue weighted by Gasteiger charge is 2.48. The molecule has 0 bridgehead atoms. The van der Waals surface area contributed by atoms with Crippen molar-refractivity contribution in [1.29, 1.82) is 0 Å². The Morgan fingerprint density at radius 3 is 2.34 bits per heavy atom. The number of amides is 3. The molecule has 9 heteroatoms. The highest BCUT2D eigenvalue weighted by atomic mass is 16.7. The number of anilines is 1. The van der Waals surface area contributed by atoms with Crippen LogP contribution >= 0.6 is 0 Å². The lowest BCUT2D eigenvalue weighted by atomic mass is 9.81. The van der Waals surface area contributed by atoms with E-state index in [1.54, 1.807) is 18.2 Å². The van der Waals surface area contributed by atoms with Crippen molar-refractivity contribution in [2.75, 3.05) is 18.5 Å². The van der Waals surface area contributed by atoms with Crippen LogP contribution in [0.4, 0.5) is 5.69 Å². The monoisotopic (exact) mass is 442 g/mol. The Morgan fingerprint density at radius 1 is 1.00 bits per heavy atom. The van der Waals surface area contributed by atoms with Crippen LogP contribution in [0.15, 0.2) is 18.2 Å². The van der Waals surface area contributed by atoms with Gasteiger partial charge in [0.05, 0.1) is 11.8 Å². The first kappa shape index (κ1) is 20.8. The largest absolute Gasteiger partial charge is 0.454 e. The van der Waals surface area contributed by atoms with Gasteiger partial charge in [-0.25, -0.2) is 0 Å². The van der Waals surface area contributed by atoms with Crippen molar-refractivity contribution < 1.29 is 33.4 Å². The van der Waals surface area contributed by atoms with Crippen LogP contribution in [0.2, 0.25) is 0 Å². The molecule has 1 N–H and O–H groups in total. The van der Waals surface area contributed by atoms with Gasteiger partial charge in [-0.2, -0.15) is 0 Å². The second kappa shape index (κ2) is 8.11. The third-order valence-corrected chi connectivity index (χ3v) is 6.77. The second-order valence-corrected chi connectivity index (χ2v) is 8.95. The van der Waals surface area contributed by atoms with Crippen molar-refractivity contribution in [1.82, 2.24) is 4.90 Å². The normalized spacial score (nSPS) is 25.2. The molecular formula is C23H26N2O7. The Bertz CT molecular complexity index is 945. The highest BCUT2D eigenvalue weighted by molar-refractivity contribution is 6.07. The van der Waals surface area contributed by atoms with E-state index >= 15 is 0 Å². The summed E-state index contributed by atoms with van der Waals surface area (Å²) in [6.07, 6.45) is 6.97. The molecule has 4 aliphatic rings. The molecule has 2 atom stereocenters. The van der Waals surface area contributed by atoms with Gasteiger partial charge in [0.2, 0.25) is 11.8 Å². The number of esters is 1. The van der Waals surface area contributed by atoms with Crippen LogP contribution in [0.1, 0.15) is 51.4 Å². The van der Waals surface area contributed by atoms with Crippen LogP contribution in [0.3, 0.4) is 0 Å². The van der Waals surface area contributed by atoms with Gasteiger partial charge in [-0.05, 0) is 37.8 Å². The molecule has 2 saturated carbocycles. The van der Waals surface area contributed by atoms with Crippen LogP contribution in [0, 0.1) is 11.8 Å². The first-order chi connectivity index (χ1) is 15.4. The molecule has 3 amide bonds. The van der Waals surface area contributed by atoms with Crippen molar-refractivity contribution in [3.63, 3.8) is 0 Å². The number of likely N-dealkylation sites (tertiary alicyclic amines) is 1. The summed E-state index contributed by atoms with van der Waals surface area (Å²) in [5.41, 5.74) is 0.498.